The van der Waals surface area contributed by atoms with Crippen molar-refractivity contribution in [3.63, 3.8) is 0 Å². The third kappa shape index (κ3) is 4.33. The van der Waals surface area contributed by atoms with Crippen LogP contribution >= 0.6 is 0 Å². The highest BCUT2D eigenvalue weighted by molar-refractivity contribution is 5.94. The summed E-state index contributed by atoms with van der Waals surface area (Å²) < 4.78 is 18.9. The standard InChI is InChI=1S/C13H18FNO3/c1-9(2)18-12-5-4-10(8-11(12)14)13(17)15-6-3-7-16/h4-5,8-9,16H,3,6-7H2,1-2H3,(H,15,17). The van der Waals surface area contributed by atoms with Crippen molar-refractivity contribution in [3.05, 3.63) is 29.6 Å². The smallest absolute Gasteiger partial charge is 0.251 e. The fraction of sp³-hybridized carbons (Fsp3) is 0.462. The molecule has 18 heavy (non-hydrogen) atoms. The van der Waals surface area contributed by atoms with Crippen molar-refractivity contribution in [3.8, 4) is 5.75 Å². The number of amides is 1. The number of rotatable bonds is 6. The Hall–Kier alpha value is -1.62. The molecule has 0 fully saturated rings. The molecule has 0 bridgehead atoms. The lowest BCUT2D eigenvalue weighted by molar-refractivity contribution is 0.0950. The van der Waals surface area contributed by atoms with Crippen LogP contribution in [0.25, 0.3) is 0 Å². The maximum absolute atomic E-state index is 13.6. The van der Waals surface area contributed by atoms with E-state index in [0.29, 0.717) is 13.0 Å². The molecule has 2 N–H and O–H groups in total. The maximum atomic E-state index is 13.6. The van der Waals surface area contributed by atoms with Crippen LogP contribution in [0.4, 0.5) is 4.39 Å². The number of carbonyl (C=O) groups is 1. The molecule has 4 nitrogen and oxygen atoms in total. The topological polar surface area (TPSA) is 58.6 Å². The zero-order valence-corrected chi connectivity index (χ0v) is 10.6. The first-order valence-corrected chi connectivity index (χ1v) is 5.90. The maximum Gasteiger partial charge on any atom is 0.251 e. The van der Waals surface area contributed by atoms with Crippen LogP contribution < -0.4 is 10.1 Å². The van der Waals surface area contributed by atoms with Gasteiger partial charge in [-0.1, -0.05) is 0 Å². The van der Waals surface area contributed by atoms with Crippen molar-refractivity contribution in [1.29, 1.82) is 0 Å². The Kier molecular flexibility index (Phi) is 5.58. The molecule has 0 radical (unpaired) electrons. The minimum Gasteiger partial charge on any atom is -0.488 e. The summed E-state index contributed by atoms with van der Waals surface area (Å²) in [5, 5.41) is 11.2. The SMILES string of the molecule is CC(C)Oc1ccc(C(=O)NCCCO)cc1F. The summed E-state index contributed by atoms with van der Waals surface area (Å²) in [6.45, 7) is 3.97. The average molecular weight is 255 g/mol. The number of hydrogen-bond donors (Lipinski definition) is 2. The monoisotopic (exact) mass is 255 g/mol. The Labute approximate surface area is 106 Å². The average Bonchev–Trinajstić information content (AvgIpc) is 2.31. The zero-order chi connectivity index (χ0) is 13.5. The van der Waals surface area contributed by atoms with Crippen molar-refractivity contribution in [2.24, 2.45) is 0 Å². The van der Waals surface area contributed by atoms with Gasteiger partial charge in [-0.15, -0.1) is 0 Å². The van der Waals surface area contributed by atoms with E-state index in [1.807, 2.05) is 0 Å². The van der Waals surface area contributed by atoms with Gasteiger partial charge in [-0.05, 0) is 38.5 Å². The highest BCUT2D eigenvalue weighted by atomic mass is 19.1. The van der Waals surface area contributed by atoms with Gasteiger partial charge in [0.1, 0.15) is 0 Å². The summed E-state index contributed by atoms with van der Waals surface area (Å²) in [6, 6.07) is 4.09. The van der Waals surface area contributed by atoms with Crippen LogP contribution in [0.3, 0.4) is 0 Å². The molecule has 1 aromatic carbocycles. The number of aliphatic hydroxyl groups excluding tert-OH is 1. The molecule has 0 aromatic heterocycles. The number of hydrogen-bond acceptors (Lipinski definition) is 3. The molecule has 0 aliphatic carbocycles. The molecule has 1 rings (SSSR count). The summed E-state index contributed by atoms with van der Waals surface area (Å²) in [5.74, 6) is -0.783. The van der Waals surface area contributed by atoms with Crippen molar-refractivity contribution >= 4 is 5.91 Å². The molecule has 0 spiro atoms. The second-order valence-corrected chi connectivity index (χ2v) is 4.14. The van der Waals surface area contributed by atoms with Crippen LogP contribution in [0.5, 0.6) is 5.75 Å². The Bertz CT molecular complexity index is 407. The summed E-state index contributed by atoms with van der Waals surface area (Å²) in [5.41, 5.74) is 0.238. The lowest BCUT2D eigenvalue weighted by Crippen LogP contribution is -2.25. The fourth-order valence-corrected chi connectivity index (χ4v) is 1.37. The first-order valence-electron chi connectivity index (χ1n) is 5.90. The largest absolute Gasteiger partial charge is 0.488 e. The molecular weight excluding hydrogens is 237 g/mol. The lowest BCUT2D eigenvalue weighted by Gasteiger charge is -2.11. The van der Waals surface area contributed by atoms with E-state index in [4.69, 9.17) is 9.84 Å². The molecular formula is C13H18FNO3. The molecule has 1 amide bonds. The minimum absolute atomic E-state index is 0.00973. The van der Waals surface area contributed by atoms with E-state index in [2.05, 4.69) is 5.32 Å². The van der Waals surface area contributed by atoms with E-state index in [1.165, 1.54) is 12.1 Å². The van der Waals surface area contributed by atoms with Gasteiger partial charge in [0.05, 0.1) is 6.10 Å². The molecule has 1 aromatic rings. The van der Waals surface area contributed by atoms with Gasteiger partial charge >= 0.3 is 0 Å². The summed E-state index contributed by atoms with van der Waals surface area (Å²) >= 11 is 0. The van der Waals surface area contributed by atoms with Gasteiger partial charge in [-0.25, -0.2) is 4.39 Å². The van der Waals surface area contributed by atoms with Gasteiger partial charge < -0.3 is 15.2 Å². The first kappa shape index (κ1) is 14.4. The quantitative estimate of drug-likeness (QED) is 0.761. The molecule has 0 saturated carbocycles. The molecule has 100 valence electrons. The number of halogens is 1. The number of nitrogens with one attached hydrogen (secondary N) is 1. The van der Waals surface area contributed by atoms with Gasteiger partial charge in [0.15, 0.2) is 11.6 Å². The molecule has 0 aliphatic heterocycles. The molecule has 0 atom stereocenters. The fourth-order valence-electron chi connectivity index (χ4n) is 1.37. The number of carbonyl (C=O) groups excluding carboxylic acids is 1. The minimum atomic E-state index is -0.557. The Morgan fingerprint density at radius 1 is 1.50 bits per heavy atom. The second-order valence-electron chi connectivity index (χ2n) is 4.14. The van der Waals surface area contributed by atoms with Crippen molar-refractivity contribution in [2.75, 3.05) is 13.2 Å². The van der Waals surface area contributed by atoms with Crippen LogP contribution in [0, 0.1) is 5.82 Å². The summed E-state index contributed by atoms with van der Waals surface area (Å²) in [7, 11) is 0. The third-order valence-corrected chi connectivity index (χ3v) is 2.18. The molecule has 0 unspecified atom stereocenters. The molecule has 0 heterocycles. The second kappa shape index (κ2) is 6.96. The van der Waals surface area contributed by atoms with E-state index in [-0.39, 0.29) is 29.9 Å². The van der Waals surface area contributed by atoms with Gasteiger partial charge in [0.2, 0.25) is 0 Å². The van der Waals surface area contributed by atoms with Crippen molar-refractivity contribution in [2.45, 2.75) is 26.4 Å². The number of aliphatic hydroxyl groups is 1. The highest BCUT2D eigenvalue weighted by Gasteiger charge is 2.10. The number of ether oxygens (including phenoxy) is 1. The first-order chi connectivity index (χ1) is 8.54. The van der Waals surface area contributed by atoms with Crippen LogP contribution in [-0.2, 0) is 0 Å². The summed E-state index contributed by atoms with van der Waals surface area (Å²) in [4.78, 5) is 11.6. The van der Waals surface area contributed by atoms with Crippen molar-refractivity contribution < 1.29 is 19.0 Å². The van der Waals surface area contributed by atoms with E-state index < -0.39 is 5.82 Å². The predicted octanol–water partition coefficient (Wildman–Crippen LogP) is 1.73. The number of benzene rings is 1. The third-order valence-electron chi connectivity index (χ3n) is 2.18. The van der Waals surface area contributed by atoms with Crippen LogP contribution in [-0.4, -0.2) is 30.3 Å². The van der Waals surface area contributed by atoms with E-state index in [1.54, 1.807) is 13.8 Å². The van der Waals surface area contributed by atoms with Gasteiger partial charge in [-0.3, -0.25) is 4.79 Å². The van der Waals surface area contributed by atoms with Crippen LogP contribution in [0.15, 0.2) is 18.2 Å². The predicted molar refractivity (Wildman–Crippen MR) is 66.2 cm³/mol. The lowest BCUT2D eigenvalue weighted by atomic mass is 10.2. The van der Waals surface area contributed by atoms with Crippen molar-refractivity contribution in [1.82, 2.24) is 5.32 Å². The molecule has 0 aliphatic rings. The van der Waals surface area contributed by atoms with Crippen LogP contribution in [0.2, 0.25) is 0 Å². The zero-order valence-electron chi connectivity index (χ0n) is 10.6. The van der Waals surface area contributed by atoms with E-state index in [0.717, 1.165) is 6.07 Å². The van der Waals surface area contributed by atoms with Gasteiger partial charge in [0, 0.05) is 18.7 Å². The highest BCUT2D eigenvalue weighted by Crippen LogP contribution is 2.19. The Morgan fingerprint density at radius 3 is 2.78 bits per heavy atom. The Balaban J connectivity index is 2.68. The Morgan fingerprint density at radius 2 is 2.22 bits per heavy atom. The van der Waals surface area contributed by atoms with E-state index >= 15 is 0 Å². The van der Waals surface area contributed by atoms with Gasteiger partial charge in [-0.2, -0.15) is 0 Å². The molecule has 0 saturated heterocycles. The summed E-state index contributed by atoms with van der Waals surface area (Å²) in [6.07, 6.45) is 0.353. The van der Waals surface area contributed by atoms with Crippen LogP contribution in [0.1, 0.15) is 30.6 Å². The normalized spacial score (nSPS) is 10.5. The van der Waals surface area contributed by atoms with E-state index in [9.17, 15) is 9.18 Å². The van der Waals surface area contributed by atoms with Gasteiger partial charge in [0.25, 0.3) is 5.91 Å². The molecule has 5 heteroatoms.